The predicted molar refractivity (Wildman–Crippen MR) is 212 cm³/mol. The summed E-state index contributed by atoms with van der Waals surface area (Å²) in [5, 5.41) is 12.5. The molecule has 10 nitrogen and oxygen atoms in total. The number of aromatic hydroxyl groups is 1. The molecule has 2 N–H and O–H groups in total. The van der Waals surface area contributed by atoms with E-state index < -0.39 is 6.04 Å². The third kappa shape index (κ3) is 6.97. The number of halogens is 1. The van der Waals surface area contributed by atoms with Crippen molar-refractivity contribution in [2.24, 2.45) is 5.92 Å². The zero-order valence-corrected chi connectivity index (χ0v) is 31.8. The van der Waals surface area contributed by atoms with E-state index in [-0.39, 0.29) is 47.5 Å². The van der Waals surface area contributed by atoms with Gasteiger partial charge in [0.1, 0.15) is 23.4 Å². The zero-order chi connectivity index (χ0) is 38.5. The summed E-state index contributed by atoms with van der Waals surface area (Å²) in [6, 6.07) is 24.8. The topological polar surface area (TPSA) is 106 Å². The highest BCUT2D eigenvalue weighted by atomic mass is 19.1. The third-order valence-corrected chi connectivity index (χ3v) is 12.7. The van der Waals surface area contributed by atoms with E-state index in [1.165, 1.54) is 5.56 Å². The Morgan fingerprint density at radius 1 is 0.839 bits per heavy atom. The van der Waals surface area contributed by atoms with Crippen LogP contribution in [0, 0.1) is 18.7 Å². The molecule has 3 amide bonds. The Kier molecular flexibility index (Phi) is 9.65. The molecule has 0 radical (unpaired) electrons. The molecule has 290 valence electrons. The van der Waals surface area contributed by atoms with Gasteiger partial charge in [-0.3, -0.25) is 24.6 Å². The number of nitrogens with zero attached hydrogens (tertiary/aromatic N) is 4. The second-order valence-corrected chi connectivity index (χ2v) is 16.2. The van der Waals surface area contributed by atoms with E-state index in [2.05, 4.69) is 63.3 Å². The van der Waals surface area contributed by atoms with Crippen molar-refractivity contribution < 1.29 is 28.6 Å². The van der Waals surface area contributed by atoms with Crippen molar-refractivity contribution in [2.45, 2.75) is 57.0 Å². The average molecular weight is 758 g/mol. The van der Waals surface area contributed by atoms with Gasteiger partial charge in [-0.2, -0.15) is 0 Å². The van der Waals surface area contributed by atoms with Crippen LogP contribution in [-0.2, 0) is 16.1 Å². The number of amides is 3. The van der Waals surface area contributed by atoms with Crippen molar-refractivity contribution >= 4 is 29.1 Å². The second-order valence-electron chi connectivity index (χ2n) is 16.2. The number of piperazine rings is 1. The Labute approximate surface area is 326 Å². The number of fused-ring (bicyclic) bond motifs is 2. The fourth-order valence-corrected chi connectivity index (χ4v) is 9.64. The maximum Gasteiger partial charge on any atom is 0.255 e. The second kappa shape index (κ2) is 14.9. The highest BCUT2D eigenvalue weighted by Gasteiger charge is 2.40. The lowest BCUT2D eigenvalue weighted by Crippen LogP contribution is -2.52. The molecular weight excluding hydrogens is 710 g/mol. The van der Waals surface area contributed by atoms with E-state index in [4.69, 9.17) is 4.74 Å². The van der Waals surface area contributed by atoms with Gasteiger partial charge in [-0.25, -0.2) is 4.39 Å². The molecule has 4 aromatic rings. The Morgan fingerprint density at radius 3 is 2.43 bits per heavy atom. The van der Waals surface area contributed by atoms with Gasteiger partial charge in [-0.05, 0) is 85.2 Å². The molecule has 56 heavy (non-hydrogen) atoms. The summed E-state index contributed by atoms with van der Waals surface area (Å²) in [4.78, 5) is 46.0. The first kappa shape index (κ1) is 36.2. The molecular formula is C45H48FN5O5. The lowest BCUT2D eigenvalue weighted by Gasteiger charge is -2.40. The van der Waals surface area contributed by atoms with Gasteiger partial charge in [0.05, 0.1) is 12.3 Å². The third-order valence-electron chi connectivity index (χ3n) is 12.7. The van der Waals surface area contributed by atoms with Crippen LogP contribution in [0.25, 0.3) is 0 Å². The van der Waals surface area contributed by atoms with Gasteiger partial charge in [0, 0.05) is 93.5 Å². The van der Waals surface area contributed by atoms with E-state index in [1.54, 1.807) is 23.1 Å². The van der Waals surface area contributed by atoms with Crippen LogP contribution in [0.2, 0.25) is 0 Å². The highest BCUT2D eigenvalue weighted by molar-refractivity contribution is 6.05. The fourth-order valence-electron chi connectivity index (χ4n) is 9.64. The Balaban J connectivity index is 0.799. The Bertz CT molecular complexity index is 2180. The minimum atomic E-state index is -0.609. The number of piperidine rings is 2. The van der Waals surface area contributed by atoms with E-state index >= 15 is 4.39 Å². The van der Waals surface area contributed by atoms with Gasteiger partial charge in [0.15, 0.2) is 0 Å². The zero-order valence-electron chi connectivity index (χ0n) is 31.8. The molecule has 0 spiro atoms. The minimum absolute atomic E-state index is 0.00621. The number of phenols is 1. The fraction of sp³-hybridized carbons (Fsp3) is 0.400. The first-order valence-electron chi connectivity index (χ1n) is 20.0. The van der Waals surface area contributed by atoms with Crippen molar-refractivity contribution in [1.29, 1.82) is 0 Å². The molecule has 0 aliphatic carbocycles. The molecule has 2 unspecified atom stereocenters. The average Bonchev–Trinajstić information content (AvgIpc) is 3.52. The summed E-state index contributed by atoms with van der Waals surface area (Å²) in [6.07, 6.45) is 2.62. The molecule has 0 aromatic heterocycles. The summed E-state index contributed by atoms with van der Waals surface area (Å²) in [5.74, 6) is 0.223. The number of phenolic OH excluding ortho intramolecular Hbond substituents is 1. The normalized spacial score (nSPS) is 23.1. The van der Waals surface area contributed by atoms with Crippen molar-refractivity contribution in [3.05, 3.63) is 118 Å². The number of aryl methyl sites for hydroxylation is 1. The van der Waals surface area contributed by atoms with Crippen LogP contribution in [0.5, 0.6) is 11.5 Å². The molecule has 5 heterocycles. The molecule has 3 fully saturated rings. The van der Waals surface area contributed by atoms with Gasteiger partial charge in [0.2, 0.25) is 11.8 Å². The van der Waals surface area contributed by atoms with Crippen molar-refractivity contribution in [2.75, 3.05) is 62.2 Å². The number of rotatable bonds is 7. The number of ether oxygens (including phenoxy) is 1. The predicted octanol–water partition coefficient (Wildman–Crippen LogP) is 5.95. The summed E-state index contributed by atoms with van der Waals surface area (Å²) in [7, 11) is 0. The largest absolute Gasteiger partial charge is 0.508 e. The first-order chi connectivity index (χ1) is 27.2. The monoisotopic (exact) mass is 757 g/mol. The van der Waals surface area contributed by atoms with Gasteiger partial charge in [-0.15, -0.1) is 0 Å². The van der Waals surface area contributed by atoms with Crippen LogP contribution >= 0.6 is 0 Å². The van der Waals surface area contributed by atoms with Crippen LogP contribution in [0.4, 0.5) is 15.8 Å². The van der Waals surface area contributed by atoms with Crippen LogP contribution in [0.1, 0.15) is 75.7 Å². The van der Waals surface area contributed by atoms with Gasteiger partial charge in [-0.1, -0.05) is 42.0 Å². The molecule has 3 saturated heterocycles. The number of carbonyl (C=O) groups excluding carboxylic acids is 3. The SMILES string of the molecule is Cc1cccc(C2COc3cc(O)ccc3C2c2ccc(N3CCC(CN4CCN(c5ccc6c(c5)CN([C@H]5CCC(=O)NC5=O)C6=O)CC4)CC3)c(F)c2)c1. The summed E-state index contributed by atoms with van der Waals surface area (Å²) < 4.78 is 22.3. The lowest BCUT2D eigenvalue weighted by atomic mass is 9.75. The molecule has 11 heteroatoms. The minimum Gasteiger partial charge on any atom is -0.508 e. The summed E-state index contributed by atoms with van der Waals surface area (Å²) >= 11 is 0. The number of nitrogens with one attached hydrogen (secondary N) is 1. The smallest absolute Gasteiger partial charge is 0.255 e. The van der Waals surface area contributed by atoms with Gasteiger partial charge < -0.3 is 24.5 Å². The number of benzene rings is 4. The van der Waals surface area contributed by atoms with Crippen LogP contribution in [0.3, 0.4) is 0 Å². The van der Waals surface area contributed by atoms with Crippen molar-refractivity contribution in [3.8, 4) is 11.5 Å². The molecule has 9 rings (SSSR count). The standard InChI is InChI=1S/C45H48FN5O5/c1-28-3-2-4-30(21-28)37-27-56-41-24-34(52)7-9-36(41)43(37)31-5-10-39(38(46)23-31)50-15-13-29(14-16-50)25-48-17-19-49(20-18-48)33-6-8-35-32(22-33)26-51(45(35)55)40-11-12-42(53)47-44(40)54/h2-10,21-24,29,37,40,43,52H,11-20,25-27H2,1H3,(H,47,53,54)/t37?,40-,43?/m0/s1. The Hall–Kier alpha value is -5.42. The number of hydrogen-bond donors (Lipinski definition) is 2. The summed E-state index contributed by atoms with van der Waals surface area (Å²) in [5.41, 5.74) is 7.50. The summed E-state index contributed by atoms with van der Waals surface area (Å²) in [6.45, 7) is 9.25. The van der Waals surface area contributed by atoms with Crippen LogP contribution in [-0.4, -0.2) is 91.1 Å². The maximum atomic E-state index is 16.1. The molecule has 5 aliphatic rings. The van der Waals surface area contributed by atoms with Crippen LogP contribution < -0.4 is 19.9 Å². The molecule has 5 aliphatic heterocycles. The van der Waals surface area contributed by atoms with E-state index in [0.29, 0.717) is 42.5 Å². The van der Waals surface area contributed by atoms with Gasteiger partial charge in [0.25, 0.3) is 5.91 Å². The Morgan fingerprint density at radius 2 is 1.66 bits per heavy atom. The number of anilines is 2. The molecule has 3 atom stereocenters. The molecule has 4 aromatic carbocycles. The highest BCUT2D eigenvalue weighted by Crippen LogP contribution is 2.47. The first-order valence-corrected chi connectivity index (χ1v) is 20.0. The lowest BCUT2D eigenvalue weighted by molar-refractivity contribution is -0.136. The maximum absolute atomic E-state index is 16.1. The quantitative estimate of drug-likeness (QED) is 0.223. The number of carbonyl (C=O) groups is 3. The number of hydrogen-bond acceptors (Lipinski definition) is 8. The van der Waals surface area contributed by atoms with E-state index in [9.17, 15) is 19.5 Å². The molecule has 0 saturated carbocycles. The van der Waals surface area contributed by atoms with Crippen LogP contribution in [0.15, 0.2) is 78.9 Å². The van der Waals surface area contributed by atoms with E-state index in [0.717, 1.165) is 86.6 Å². The molecule has 0 bridgehead atoms. The van der Waals surface area contributed by atoms with E-state index in [1.807, 2.05) is 24.3 Å². The van der Waals surface area contributed by atoms with Crippen molar-refractivity contribution in [1.82, 2.24) is 15.1 Å². The number of imide groups is 1. The van der Waals surface area contributed by atoms with Gasteiger partial charge >= 0.3 is 0 Å². The van der Waals surface area contributed by atoms with Crippen molar-refractivity contribution in [3.63, 3.8) is 0 Å².